The second-order valence-corrected chi connectivity index (χ2v) is 7.20. The van der Waals surface area contributed by atoms with Crippen LogP contribution in [-0.4, -0.2) is 31.1 Å². The summed E-state index contributed by atoms with van der Waals surface area (Å²) in [5.41, 5.74) is 0.995. The van der Waals surface area contributed by atoms with Gasteiger partial charge in [0.05, 0.1) is 7.11 Å². The quantitative estimate of drug-likeness (QED) is 0.847. The van der Waals surface area contributed by atoms with Crippen LogP contribution in [0, 0.1) is 6.92 Å². The number of esters is 1. The van der Waals surface area contributed by atoms with Crippen LogP contribution in [0.1, 0.15) is 45.7 Å². The molecule has 128 valence electrons. The van der Waals surface area contributed by atoms with E-state index in [0.29, 0.717) is 5.75 Å². The largest absolute Gasteiger partial charge is 0.483 e. The van der Waals surface area contributed by atoms with Gasteiger partial charge in [0.25, 0.3) is 5.91 Å². The highest BCUT2D eigenvalue weighted by atomic mass is 16.5. The Morgan fingerprint density at radius 1 is 1.13 bits per heavy atom. The van der Waals surface area contributed by atoms with Crippen molar-refractivity contribution in [3.8, 4) is 5.75 Å². The Labute approximate surface area is 138 Å². The summed E-state index contributed by atoms with van der Waals surface area (Å²) in [5.74, 6) is -0.202. The highest BCUT2D eigenvalue weighted by molar-refractivity contribution is 5.87. The summed E-state index contributed by atoms with van der Waals surface area (Å²) >= 11 is 0. The number of carbonyl (C=O) groups is 2. The molecule has 0 bridgehead atoms. The van der Waals surface area contributed by atoms with Gasteiger partial charge in [0.1, 0.15) is 11.3 Å². The summed E-state index contributed by atoms with van der Waals surface area (Å²) in [7, 11) is 1.29. The van der Waals surface area contributed by atoms with Gasteiger partial charge in [-0.2, -0.15) is 0 Å². The molecule has 0 aliphatic rings. The smallest absolute Gasteiger partial charge is 0.330 e. The Hall–Kier alpha value is -2.04. The van der Waals surface area contributed by atoms with Crippen molar-refractivity contribution in [2.24, 2.45) is 0 Å². The minimum atomic E-state index is -1.09. The van der Waals surface area contributed by atoms with Gasteiger partial charge in [-0.05, 0) is 37.8 Å². The maximum absolute atomic E-state index is 12.0. The van der Waals surface area contributed by atoms with Gasteiger partial charge < -0.3 is 14.8 Å². The lowest BCUT2D eigenvalue weighted by atomic mass is 9.85. The molecule has 0 spiro atoms. The van der Waals surface area contributed by atoms with E-state index in [1.807, 2.05) is 19.1 Å². The first-order valence-corrected chi connectivity index (χ1v) is 7.61. The zero-order valence-corrected chi connectivity index (χ0v) is 15.1. The van der Waals surface area contributed by atoms with Gasteiger partial charge in [-0.25, -0.2) is 4.79 Å². The van der Waals surface area contributed by atoms with E-state index in [-0.39, 0.29) is 17.9 Å². The lowest BCUT2D eigenvalue weighted by Gasteiger charge is -2.25. The number of aryl methyl sites for hydroxylation is 1. The average Bonchev–Trinajstić information content (AvgIpc) is 2.43. The fourth-order valence-corrected chi connectivity index (χ4v) is 2.19. The summed E-state index contributed by atoms with van der Waals surface area (Å²) in [5, 5.41) is 2.61. The first-order chi connectivity index (χ1) is 10.5. The topological polar surface area (TPSA) is 64.6 Å². The molecule has 5 heteroatoms. The first-order valence-electron chi connectivity index (χ1n) is 7.61. The number of methoxy groups -OCH3 is 1. The first kappa shape index (κ1) is 19.0. The van der Waals surface area contributed by atoms with Crippen molar-refractivity contribution in [1.29, 1.82) is 0 Å². The van der Waals surface area contributed by atoms with E-state index in [1.54, 1.807) is 13.8 Å². The minimum absolute atomic E-state index is 0.0941. The van der Waals surface area contributed by atoms with Crippen LogP contribution < -0.4 is 10.1 Å². The van der Waals surface area contributed by atoms with Crippen LogP contribution >= 0.6 is 0 Å². The highest BCUT2D eigenvalue weighted by Crippen LogP contribution is 2.32. The van der Waals surface area contributed by atoms with E-state index < -0.39 is 11.5 Å². The van der Waals surface area contributed by atoms with Gasteiger partial charge in [0.2, 0.25) is 0 Å². The van der Waals surface area contributed by atoms with Crippen LogP contribution in [0.4, 0.5) is 0 Å². The molecule has 0 aromatic heterocycles. The molecule has 1 N–H and O–H groups in total. The number of ether oxygens (including phenoxy) is 2. The number of nitrogens with one attached hydrogen (secondary N) is 1. The predicted molar refractivity (Wildman–Crippen MR) is 89.6 cm³/mol. The molecule has 0 radical (unpaired) electrons. The maximum Gasteiger partial charge on any atom is 0.330 e. The van der Waals surface area contributed by atoms with E-state index in [1.165, 1.54) is 7.11 Å². The summed E-state index contributed by atoms with van der Waals surface area (Å²) in [6, 6.07) is 5.88. The molecule has 0 atom stereocenters. The standard InChI is InChI=1S/C18H27NO4/c1-12-8-9-14(13(10-12)17(2,3)4)23-11-15(20)19-18(5,6)16(21)22-7/h8-10H,11H2,1-7H3,(H,19,20). The summed E-state index contributed by atoms with van der Waals surface area (Å²) in [4.78, 5) is 23.6. The third kappa shape index (κ3) is 5.27. The minimum Gasteiger partial charge on any atom is -0.483 e. The van der Waals surface area contributed by atoms with Crippen molar-refractivity contribution in [2.45, 2.75) is 52.5 Å². The highest BCUT2D eigenvalue weighted by Gasteiger charge is 2.30. The van der Waals surface area contributed by atoms with E-state index in [9.17, 15) is 9.59 Å². The Morgan fingerprint density at radius 3 is 2.26 bits per heavy atom. The predicted octanol–water partition coefficient (Wildman–Crippen LogP) is 2.74. The normalized spacial score (nSPS) is 11.8. The molecule has 0 heterocycles. The van der Waals surface area contributed by atoms with Crippen molar-refractivity contribution in [3.05, 3.63) is 29.3 Å². The van der Waals surface area contributed by atoms with E-state index in [0.717, 1.165) is 11.1 Å². The Morgan fingerprint density at radius 2 is 1.74 bits per heavy atom. The fraction of sp³-hybridized carbons (Fsp3) is 0.556. The second kappa shape index (κ2) is 7.02. The molecule has 0 fully saturated rings. The van der Waals surface area contributed by atoms with Crippen LogP contribution in [0.5, 0.6) is 5.75 Å². The van der Waals surface area contributed by atoms with Crippen molar-refractivity contribution in [3.63, 3.8) is 0 Å². The lowest BCUT2D eigenvalue weighted by molar-refractivity contribution is -0.149. The van der Waals surface area contributed by atoms with Crippen LogP contribution in [0.25, 0.3) is 0 Å². The molecule has 23 heavy (non-hydrogen) atoms. The van der Waals surface area contributed by atoms with Gasteiger partial charge in [-0.3, -0.25) is 4.79 Å². The van der Waals surface area contributed by atoms with Crippen molar-refractivity contribution < 1.29 is 19.1 Å². The van der Waals surface area contributed by atoms with Crippen LogP contribution in [0.2, 0.25) is 0 Å². The van der Waals surface area contributed by atoms with Gasteiger partial charge in [-0.1, -0.05) is 38.5 Å². The Kier molecular flexibility index (Phi) is 5.81. The van der Waals surface area contributed by atoms with Crippen molar-refractivity contribution in [1.82, 2.24) is 5.32 Å². The third-order valence-corrected chi connectivity index (χ3v) is 3.45. The van der Waals surface area contributed by atoms with Crippen molar-refractivity contribution >= 4 is 11.9 Å². The van der Waals surface area contributed by atoms with Crippen molar-refractivity contribution in [2.75, 3.05) is 13.7 Å². The third-order valence-electron chi connectivity index (χ3n) is 3.45. The van der Waals surface area contributed by atoms with E-state index in [2.05, 4.69) is 36.9 Å². The molecule has 1 aromatic rings. The Bertz CT molecular complexity index is 585. The zero-order valence-electron chi connectivity index (χ0n) is 15.1. The number of benzene rings is 1. The van der Waals surface area contributed by atoms with Gasteiger partial charge in [0, 0.05) is 0 Å². The molecule has 0 saturated heterocycles. The summed E-state index contributed by atoms with van der Waals surface area (Å²) < 4.78 is 10.3. The average molecular weight is 321 g/mol. The number of amides is 1. The molecule has 0 aliphatic heterocycles. The maximum atomic E-state index is 12.0. The zero-order chi connectivity index (χ0) is 17.8. The van der Waals surface area contributed by atoms with E-state index in [4.69, 9.17) is 4.74 Å². The van der Waals surface area contributed by atoms with Crippen LogP contribution in [0.15, 0.2) is 18.2 Å². The second-order valence-electron chi connectivity index (χ2n) is 7.20. The molecular weight excluding hydrogens is 294 g/mol. The van der Waals surface area contributed by atoms with Gasteiger partial charge in [0.15, 0.2) is 6.61 Å². The Balaban J connectivity index is 2.80. The molecule has 0 saturated carbocycles. The SMILES string of the molecule is COC(=O)C(C)(C)NC(=O)COc1ccc(C)cc1C(C)(C)C. The summed E-state index contributed by atoms with van der Waals surface area (Å²) in [6.45, 7) is 11.3. The molecule has 1 aromatic carbocycles. The van der Waals surface area contributed by atoms with Gasteiger partial charge in [-0.15, -0.1) is 0 Å². The number of rotatable bonds is 5. The number of hydrogen-bond donors (Lipinski definition) is 1. The molecular formula is C18H27NO4. The number of carbonyl (C=O) groups excluding carboxylic acids is 2. The molecule has 0 aliphatic carbocycles. The fourth-order valence-electron chi connectivity index (χ4n) is 2.19. The van der Waals surface area contributed by atoms with E-state index >= 15 is 0 Å². The molecule has 1 rings (SSSR count). The monoisotopic (exact) mass is 321 g/mol. The van der Waals surface area contributed by atoms with Gasteiger partial charge >= 0.3 is 5.97 Å². The van der Waals surface area contributed by atoms with Crippen LogP contribution in [0.3, 0.4) is 0 Å². The summed E-state index contributed by atoms with van der Waals surface area (Å²) in [6.07, 6.45) is 0. The van der Waals surface area contributed by atoms with Crippen LogP contribution in [-0.2, 0) is 19.7 Å². The lowest BCUT2D eigenvalue weighted by Crippen LogP contribution is -2.51. The molecule has 0 unspecified atom stereocenters. The molecule has 5 nitrogen and oxygen atoms in total. The molecule has 1 amide bonds. The number of hydrogen-bond acceptors (Lipinski definition) is 4.